The molecule has 7 heteroatoms. The van der Waals surface area contributed by atoms with Gasteiger partial charge in [-0.3, -0.25) is 9.69 Å². The molecule has 0 spiro atoms. The summed E-state index contributed by atoms with van der Waals surface area (Å²) >= 11 is 0. The number of carbonyl (C=O) groups excluding carboxylic acids is 1. The molecule has 2 heterocycles. The Morgan fingerprint density at radius 1 is 1.47 bits per heavy atom. The van der Waals surface area contributed by atoms with Crippen LogP contribution >= 0.6 is 0 Å². The predicted octanol–water partition coefficient (Wildman–Crippen LogP) is -1.03. The van der Waals surface area contributed by atoms with Gasteiger partial charge in [-0.1, -0.05) is 6.92 Å². The fourth-order valence-electron chi connectivity index (χ4n) is 2.70. The lowest BCUT2D eigenvalue weighted by atomic mass is 10.0. The first-order valence-electron chi connectivity index (χ1n) is 6.80. The molecule has 0 aliphatic carbocycles. The number of nitrogens with zero attached hydrogens (tertiary/aromatic N) is 1. The van der Waals surface area contributed by atoms with E-state index in [1.54, 1.807) is 0 Å². The number of sulfone groups is 1. The molecule has 1 atom stereocenters. The molecule has 0 aromatic carbocycles. The molecule has 110 valence electrons. The number of hydrogen-bond acceptors (Lipinski definition) is 5. The van der Waals surface area contributed by atoms with Crippen LogP contribution < -0.4 is 10.6 Å². The summed E-state index contributed by atoms with van der Waals surface area (Å²) in [7, 11) is -2.98. The maximum atomic E-state index is 12.1. The molecule has 0 bridgehead atoms. The van der Waals surface area contributed by atoms with Gasteiger partial charge in [0.2, 0.25) is 5.91 Å². The van der Waals surface area contributed by atoms with Gasteiger partial charge in [-0.2, -0.15) is 0 Å². The zero-order valence-corrected chi connectivity index (χ0v) is 12.4. The minimum atomic E-state index is -2.98. The van der Waals surface area contributed by atoms with E-state index in [0.29, 0.717) is 19.0 Å². The van der Waals surface area contributed by atoms with E-state index in [2.05, 4.69) is 15.5 Å². The second-order valence-corrected chi connectivity index (χ2v) is 8.01. The largest absolute Gasteiger partial charge is 0.349 e. The van der Waals surface area contributed by atoms with Crippen LogP contribution in [0.3, 0.4) is 0 Å². The van der Waals surface area contributed by atoms with Gasteiger partial charge in [0.25, 0.3) is 0 Å². The molecule has 2 rings (SSSR count). The van der Waals surface area contributed by atoms with Crippen LogP contribution in [0.25, 0.3) is 0 Å². The minimum Gasteiger partial charge on any atom is -0.349 e. The van der Waals surface area contributed by atoms with E-state index in [1.807, 2.05) is 13.8 Å². The van der Waals surface area contributed by atoms with Crippen molar-refractivity contribution < 1.29 is 13.2 Å². The van der Waals surface area contributed by atoms with E-state index in [9.17, 15) is 13.2 Å². The summed E-state index contributed by atoms with van der Waals surface area (Å²) in [6.07, 6.45) is 0.512. The zero-order chi connectivity index (χ0) is 14.1. The topological polar surface area (TPSA) is 78.5 Å². The highest BCUT2D eigenvalue weighted by molar-refractivity contribution is 7.91. The average Bonchev–Trinajstić information content (AvgIpc) is 2.48. The van der Waals surface area contributed by atoms with E-state index in [4.69, 9.17) is 0 Å². The van der Waals surface area contributed by atoms with Crippen LogP contribution in [0.2, 0.25) is 0 Å². The second-order valence-electron chi connectivity index (χ2n) is 5.83. The van der Waals surface area contributed by atoms with Crippen molar-refractivity contribution in [1.29, 1.82) is 0 Å². The summed E-state index contributed by atoms with van der Waals surface area (Å²) < 4.78 is 23.0. The molecule has 2 N–H and O–H groups in total. The van der Waals surface area contributed by atoms with E-state index in [0.717, 1.165) is 19.6 Å². The fourth-order valence-corrected chi connectivity index (χ4v) is 4.79. The van der Waals surface area contributed by atoms with E-state index >= 15 is 0 Å². The second kappa shape index (κ2) is 5.38. The minimum absolute atomic E-state index is 0.0584. The Kier molecular flexibility index (Phi) is 4.17. The van der Waals surface area contributed by atoms with Gasteiger partial charge in [-0.15, -0.1) is 0 Å². The smallest absolute Gasteiger partial charge is 0.234 e. The number of likely N-dealkylation sites (N-methyl/N-ethyl adjacent to an activating group) is 1. The quantitative estimate of drug-likeness (QED) is 0.677. The predicted molar refractivity (Wildman–Crippen MR) is 73.7 cm³/mol. The number of hydrogen-bond donors (Lipinski definition) is 2. The molecule has 0 aromatic rings. The highest BCUT2D eigenvalue weighted by Gasteiger charge is 2.39. The lowest BCUT2D eigenvalue weighted by molar-refractivity contribution is -0.124. The normalized spacial score (nSPS) is 30.3. The fraction of sp³-hybridized carbons (Fsp3) is 0.917. The Labute approximate surface area is 114 Å². The van der Waals surface area contributed by atoms with Crippen LogP contribution in [0, 0.1) is 0 Å². The summed E-state index contributed by atoms with van der Waals surface area (Å²) in [5, 5.41) is 6.09. The van der Waals surface area contributed by atoms with Crippen LogP contribution in [0.15, 0.2) is 0 Å². The summed E-state index contributed by atoms with van der Waals surface area (Å²) in [6, 6.07) is 0.427. The molecule has 0 aromatic heterocycles. The number of rotatable bonds is 5. The van der Waals surface area contributed by atoms with E-state index in [-0.39, 0.29) is 17.4 Å². The monoisotopic (exact) mass is 289 g/mol. The molecule has 1 unspecified atom stereocenters. The first kappa shape index (κ1) is 14.7. The average molecular weight is 289 g/mol. The number of amides is 1. The first-order chi connectivity index (χ1) is 8.84. The Balaban J connectivity index is 1.87. The summed E-state index contributed by atoms with van der Waals surface area (Å²) in [6.45, 7) is 6.87. The molecule has 2 aliphatic rings. The summed E-state index contributed by atoms with van der Waals surface area (Å²) in [5.74, 6) is 0.157. The number of carbonyl (C=O) groups is 1. The van der Waals surface area contributed by atoms with Crippen LogP contribution in [0.1, 0.15) is 20.3 Å². The third kappa shape index (κ3) is 3.67. The van der Waals surface area contributed by atoms with Gasteiger partial charge < -0.3 is 10.6 Å². The summed E-state index contributed by atoms with van der Waals surface area (Å²) in [4.78, 5) is 14.2. The van der Waals surface area contributed by atoms with E-state index < -0.39 is 15.4 Å². The van der Waals surface area contributed by atoms with Crippen LogP contribution in [0.4, 0.5) is 0 Å². The van der Waals surface area contributed by atoms with Crippen molar-refractivity contribution in [2.24, 2.45) is 0 Å². The molecular weight excluding hydrogens is 266 g/mol. The molecule has 0 saturated carbocycles. The molecule has 2 aliphatic heterocycles. The lowest BCUT2D eigenvalue weighted by Crippen LogP contribution is -2.60. The molecule has 1 amide bonds. The van der Waals surface area contributed by atoms with Gasteiger partial charge in [-0.25, -0.2) is 8.42 Å². The van der Waals surface area contributed by atoms with Gasteiger partial charge in [0.05, 0.1) is 23.6 Å². The van der Waals surface area contributed by atoms with Gasteiger partial charge in [0, 0.05) is 19.1 Å². The number of nitrogens with one attached hydrogen (secondary N) is 2. The van der Waals surface area contributed by atoms with Crippen LogP contribution in [0.5, 0.6) is 0 Å². The third-order valence-corrected chi connectivity index (χ3v) is 5.88. The van der Waals surface area contributed by atoms with Crippen molar-refractivity contribution in [2.75, 3.05) is 37.7 Å². The van der Waals surface area contributed by atoms with Crippen molar-refractivity contribution in [3.63, 3.8) is 0 Å². The van der Waals surface area contributed by atoms with Gasteiger partial charge in [0.15, 0.2) is 9.84 Å². The van der Waals surface area contributed by atoms with Gasteiger partial charge in [-0.05, 0) is 19.9 Å². The van der Waals surface area contributed by atoms with Crippen molar-refractivity contribution in [3.8, 4) is 0 Å². The Hall–Kier alpha value is -0.660. The van der Waals surface area contributed by atoms with Crippen molar-refractivity contribution in [1.82, 2.24) is 15.5 Å². The Morgan fingerprint density at radius 3 is 2.58 bits per heavy atom. The Morgan fingerprint density at radius 2 is 2.16 bits per heavy atom. The van der Waals surface area contributed by atoms with Crippen molar-refractivity contribution in [3.05, 3.63) is 0 Å². The maximum absolute atomic E-state index is 12.1. The van der Waals surface area contributed by atoms with E-state index in [1.165, 1.54) is 0 Å². The molecule has 2 saturated heterocycles. The maximum Gasteiger partial charge on any atom is 0.234 e. The van der Waals surface area contributed by atoms with Crippen molar-refractivity contribution >= 4 is 15.7 Å². The van der Waals surface area contributed by atoms with Crippen LogP contribution in [-0.2, 0) is 14.6 Å². The van der Waals surface area contributed by atoms with Crippen molar-refractivity contribution in [2.45, 2.75) is 31.8 Å². The lowest BCUT2D eigenvalue weighted by Gasteiger charge is -2.37. The third-order valence-electron chi connectivity index (χ3n) is 3.97. The molecule has 2 fully saturated rings. The van der Waals surface area contributed by atoms with Gasteiger partial charge in [0.1, 0.15) is 0 Å². The SMILES string of the molecule is CCN(CC(=O)NC1(C)CCS(=O)(=O)C1)C1CNC1. The first-order valence-corrected chi connectivity index (χ1v) is 8.62. The molecule has 6 nitrogen and oxygen atoms in total. The molecule has 0 radical (unpaired) electrons. The zero-order valence-electron chi connectivity index (χ0n) is 11.6. The highest BCUT2D eigenvalue weighted by atomic mass is 32.2. The van der Waals surface area contributed by atoms with Gasteiger partial charge >= 0.3 is 0 Å². The Bertz CT molecular complexity index is 447. The standard InChI is InChI=1S/C12H23N3O3S/c1-3-15(10-6-13-7-10)8-11(16)14-12(2)4-5-19(17,18)9-12/h10,13H,3-9H2,1-2H3,(H,14,16). The highest BCUT2D eigenvalue weighted by Crippen LogP contribution is 2.22. The van der Waals surface area contributed by atoms with Crippen LogP contribution in [-0.4, -0.2) is 68.5 Å². The molecule has 19 heavy (non-hydrogen) atoms. The summed E-state index contributed by atoms with van der Waals surface area (Å²) in [5.41, 5.74) is -0.590. The molecular formula is C12H23N3O3S.